The van der Waals surface area contributed by atoms with Crippen LogP contribution in [0, 0.1) is 12.8 Å². The molecule has 4 heterocycles. The minimum Gasteiger partial charge on any atom is -0.508 e. The number of hydrogen-bond acceptors (Lipinski definition) is 11. The van der Waals surface area contributed by atoms with Gasteiger partial charge in [0, 0.05) is 43.1 Å². The molecule has 0 spiro atoms. The van der Waals surface area contributed by atoms with Crippen LogP contribution in [0.3, 0.4) is 0 Å². The Kier molecular flexibility index (Phi) is 10.3. The van der Waals surface area contributed by atoms with E-state index >= 15 is 9.59 Å². The van der Waals surface area contributed by atoms with Crippen molar-refractivity contribution in [2.45, 2.75) is 50.2 Å². The maximum absolute atomic E-state index is 15.5. The third kappa shape index (κ3) is 6.33. The second-order valence-electron chi connectivity index (χ2n) is 15.8. The Balaban J connectivity index is 1.18. The molecule has 4 unspecified atom stereocenters. The number of halogens is 2. The van der Waals surface area contributed by atoms with E-state index < -0.39 is 52.0 Å². The number of amides is 2. The number of phenols is 1. The highest BCUT2D eigenvalue weighted by Crippen LogP contribution is 2.62. The van der Waals surface area contributed by atoms with Gasteiger partial charge in [-0.15, -0.1) is 0 Å². The number of hydrazine groups is 1. The minimum absolute atomic E-state index is 0.0324. The average Bonchev–Trinajstić information content (AvgIpc) is 3.65. The molecule has 4 atom stereocenters. The number of phenolic OH excluding ortho intramolecular Hbond substituents is 1. The third-order valence-electron chi connectivity index (χ3n) is 12.7. The van der Waals surface area contributed by atoms with Crippen LogP contribution in [-0.4, -0.2) is 66.7 Å². The van der Waals surface area contributed by atoms with Crippen molar-refractivity contribution < 1.29 is 28.9 Å². The van der Waals surface area contributed by atoms with Gasteiger partial charge >= 0.3 is 11.4 Å². The summed E-state index contributed by atoms with van der Waals surface area (Å²) in [4.78, 5) is 77.7. The first-order valence-electron chi connectivity index (χ1n) is 20.0. The Labute approximate surface area is 369 Å². The van der Waals surface area contributed by atoms with Crippen molar-refractivity contribution in [1.29, 1.82) is 0 Å². The fourth-order valence-corrected chi connectivity index (χ4v) is 10.1. The molecule has 1 saturated carbocycles. The molecule has 2 aliphatic heterocycles. The molecule has 18 heteroatoms. The fraction of sp³-hybridized carbons (Fsp3) is 0.289. The van der Waals surface area contributed by atoms with Gasteiger partial charge in [0.05, 0.1) is 67.0 Å². The van der Waals surface area contributed by atoms with Gasteiger partial charge in [0.25, 0.3) is 17.4 Å². The summed E-state index contributed by atoms with van der Waals surface area (Å²) in [6, 6.07) is 19.0. The van der Waals surface area contributed by atoms with E-state index in [4.69, 9.17) is 37.4 Å². The summed E-state index contributed by atoms with van der Waals surface area (Å²) in [5.41, 5.74) is 3.31. The number of carbonyl (C=O) groups is 2. The average molecular weight is 895 g/mol. The summed E-state index contributed by atoms with van der Waals surface area (Å²) in [6.07, 6.45) is 1.74. The molecule has 2 fully saturated rings. The van der Waals surface area contributed by atoms with Gasteiger partial charge in [-0.2, -0.15) is 5.01 Å². The summed E-state index contributed by atoms with van der Waals surface area (Å²) < 4.78 is 21.5. The molecule has 2 N–H and O–H groups in total. The second-order valence-corrected chi connectivity index (χ2v) is 16.7. The number of hydrogen-bond donors (Lipinski definition) is 2. The molecule has 1 saturated heterocycles. The van der Waals surface area contributed by atoms with Gasteiger partial charge in [0.2, 0.25) is 0 Å². The Morgan fingerprint density at radius 2 is 1.62 bits per heavy atom. The number of anilines is 1. The van der Waals surface area contributed by atoms with Crippen LogP contribution in [0.4, 0.5) is 5.69 Å². The smallest absolute Gasteiger partial charge is 0.347 e. The lowest BCUT2D eigenvalue weighted by Crippen LogP contribution is -2.53. The molecule has 9 rings (SSSR count). The number of ether oxygens (including phenoxy) is 3. The van der Waals surface area contributed by atoms with Crippen LogP contribution in [0.5, 0.6) is 23.0 Å². The van der Waals surface area contributed by atoms with E-state index in [-0.39, 0.29) is 48.1 Å². The number of aromatic nitrogens is 5. The largest absolute Gasteiger partial charge is 0.508 e. The Bertz CT molecular complexity index is 3120. The number of methoxy groups -OCH3 is 3. The molecule has 4 aromatic carbocycles. The van der Waals surface area contributed by atoms with Gasteiger partial charge in [-0.3, -0.25) is 19.8 Å². The predicted octanol–water partition coefficient (Wildman–Crippen LogP) is 5.27. The van der Waals surface area contributed by atoms with Crippen molar-refractivity contribution >= 4 is 51.7 Å². The van der Waals surface area contributed by atoms with Crippen LogP contribution in [0.1, 0.15) is 40.8 Å². The number of benzene rings is 4. The lowest BCUT2D eigenvalue weighted by molar-refractivity contribution is -0.138. The van der Waals surface area contributed by atoms with Gasteiger partial charge in [-0.1, -0.05) is 53.5 Å². The Hall–Kier alpha value is -6.78. The van der Waals surface area contributed by atoms with Crippen molar-refractivity contribution in [3.63, 3.8) is 0 Å². The van der Waals surface area contributed by atoms with Crippen molar-refractivity contribution in [2.24, 2.45) is 13.0 Å². The Morgan fingerprint density at radius 3 is 2.30 bits per heavy atom. The fourth-order valence-electron chi connectivity index (χ4n) is 9.67. The SMILES string of the molecule is COc1ccc(C23C(=O)N(Nc4ccc(Cl)cc4Cl)C(=O)C2CC2C(=CCn4c(=O)n(CCc5nc6cc(OC)c(OC)cc6n(C)c5=O)c(=O)n42)C3c2ccc(O)c(C)c2)cc1. The summed E-state index contributed by atoms with van der Waals surface area (Å²) >= 11 is 12.8. The third-order valence-corrected chi connectivity index (χ3v) is 13.2. The minimum atomic E-state index is -1.61. The number of rotatable bonds is 10. The number of nitrogens with one attached hydrogen (secondary N) is 1. The van der Waals surface area contributed by atoms with Crippen molar-refractivity contribution in [2.75, 3.05) is 26.8 Å². The van der Waals surface area contributed by atoms with Crippen LogP contribution >= 0.6 is 23.2 Å². The molecule has 16 nitrogen and oxygen atoms in total. The van der Waals surface area contributed by atoms with Crippen LogP contribution in [-0.2, 0) is 41.6 Å². The number of imide groups is 1. The first kappa shape index (κ1) is 41.6. The zero-order chi connectivity index (χ0) is 44.6. The van der Waals surface area contributed by atoms with E-state index in [1.54, 1.807) is 74.6 Å². The zero-order valence-electron chi connectivity index (χ0n) is 34.7. The quantitative estimate of drug-likeness (QED) is 0.135. The van der Waals surface area contributed by atoms with Crippen molar-refractivity contribution in [1.82, 2.24) is 28.5 Å². The maximum Gasteiger partial charge on any atom is 0.347 e. The van der Waals surface area contributed by atoms with E-state index in [1.807, 2.05) is 6.08 Å². The number of nitrogens with zero attached hydrogens (tertiary/aromatic N) is 6. The molecule has 0 radical (unpaired) electrons. The summed E-state index contributed by atoms with van der Waals surface area (Å²) in [6.45, 7) is 1.52. The first-order valence-corrected chi connectivity index (χ1v) is 20.8. The van der Waals surface area contributed by atoms with Gasteiger partial charge in [-0.25, -0.2) is 28.5 Å². The standard InChI is InChI=1S/C45H41Cl2N7O9/c1-23-18-24(6-13-36(23)55)39-28-14-17-52-43(59)51(16-15-32-41(57)50(2)35-22-38(63-5)37(62-4)21-33(35)48-32)44(60)54(52)34(28)20-29-40(56)53(49-31-12-9-26(46)19-30(31)47)42(58)45(29,39)25-7-10-27(61-3)11-8-25/h6-14,18-19,21-22,29,34,39,49,55H,15-17,20H2,1-5H3. The lowest BCUT2D eigenvalue weighted by Gasteiger charge is -2.49. The topological polar surface area (TPSA) is 181 Å². The summed E-state index contributed by atoms with van der Waals surface area (Å²) in [7, 11) is 6.11. The summed E-state index contributed by atoms with van der Waals surface area (Å²) in [5, 5.41) is 12.2. The molecule has 6 aromatic rings. The van der Waals surface area contributed by atoms with Gasteiger partial charge in [0.15, 0.2) is 11.5 Å². The molecular weight excluding hydrogens is 853 g/mol. The second kappa shape index (κ2) is 15.5. The molecular formula is C45H41Cl2N7O9. The van der Waals surface area contributed by atoms with Crippen LogP contribution in [0.25, 0.3) is 11.0 Å². The van der Waals surface area contributed by atoms with E-state index in [1.165, 1.54) is 47.4 Å². The zero-order valence-corrected chi connectivity index (χ0v) is 36.2. The van der Waals surface area contributed by atoms with Gasteiger partial charge in [0.1, 0.15) is 17.2 Å². The van der Waals surface area contributed by atoms with Gasteiger partial charge < -0.3 is 23.9 Å². The highest BCUT2D eigenvalue weighted by molar-refractivity contribution is 6.36. The van der Waals surface area contributed by atoms with Crippen molar-refractivity contribution in [3.05, 3.63) is 148 Å². The molecule has 3 aliphatic rings. The van der Waals surface area contributed by atoms with Crippen LogP contribution in [0.15, 0.2) is 98.8 Å². The van der Waals surface area contributed by atoms with Gasteiger partial charge in [-0.05, 0) is 72.0 Å². The Morgan fingerprint density at radius 1 is 0.889 bits per heavy atom. The lowest BCUT2D eigenvalue weighted by atomic mass is 9.53. The molecule has 324 valence electrons. The van der Waals surface area contributed by atoms with E-state index in [9.17, 15) is 19.5 Å². The molecule has 0 bridgehead atoms. The summed E-state index contributed by atoms with van der Waals surface area (Å²) in [5.74, 6) is -1.75. The number of carbonyl (C=O) groups excluding carboxylic acids is 2. The molecule has 2 aromatic heterocycles. The number of aryl methyl sites for hydroxylation is 3. The molecule has 2 amide bonds. The number of allylic oxidation sites excluding steroid dienone is 2. The van der Waals surface area contributed by atoms with E-state index in [0.29, 0.717) is 55.6 Å². The number of aromatic hydroxyl groups is 1. The normalized spacial score (nSPS) is 20.3. The first-order chi connectivity index (χ1) is 30.2. The molecule has 63 heavy (non-hydrogen) atoms. The highest BCUT2D eigenvalue weighted by atomic mass is 35.5. The van der Waals surface area contributed by atoms with E-state index in [0.717, 1.165) is 9.58 Å². The number of fused-ring (bicyclic) bond motifs is 5. The van der Waals surface area contributed by atoms with Crippen LogP contribution < -0.4 is 36.6 Å². The maximum atomic E-state index is 15.5. The predicted molar refractivity (Wildman–Crippen MR) is 234 cm³/mol. The van der Waals surface area contributed by atoms with Crippen LogP contribution in [0.2, 0.25) is 10.0 Å². The van der Waals surface area contributed by atoms with E-state index in [2.05, 4.69) is 10.4 Å². The van der Waals surface area contributed by atoms with Crippen molar-refractivity contribution in [3.8, 4) is 23.0 Å². The monoisotopic (exact) mass is 893 g/mol. The highest BCUT2D eigenvalue weighted by Gasteiger charge is 2.69. The molecule has 1 aliphatic carbocycles.